The summed E-state index contributed by atoms with van der Waals surface area (Å²) in [5, 5.41) is 24.8. The normalized spacial score (nSPS) is 11.3. The number of hydrazine groups is 1. The van der Waals surface area contributed by atoms with E-state index in [9.17, 15) is 20.0 Å². The van der Waals surface area contributed by atoms with E-state index in [1.165, 1.54) is 10.7 Å². The second-order valence-electron chi connectivity index (χ2n) is 7.72. The molecule has 3 rings (SSSR count). The molecule has 0 unspecified atom stereocenters. The molecule has 0 saturated carbocycles. The Labute approximate surface area is 173 Å². The summed E-state index contributed by atoms with van der Waals surface area (Å²) < 4.78 is 1.39. The molecule has 0 aliphatic carbocycles. The minimum atomic E-state index is -0.625. The zero-order valence-electron chi connectivity index (χ0n) is 17.3. The highest BCUT2D eigenvalue weighted by Gasteiger charge is 2.26. The molecule has 0 spiro atoms. The van der Waals surface area contributed by atoms with Crippen molar-refractivity contribution in [3.63, 3.8) is 0 Å². The van der Waals surface area contributed by atoms with Crippen LogP contribution in [0.15, 0.2) is 47.3 Å². The number of aromatic amines is 1. The van der Waals surface area contributed by atoms with E-state index in [1.54, 1.807) is 25.1 Å². The van der Waals surface area contributed by atoms with Gasteiger partial charge in [0.05, 0.1) is 16.3 Å². The average molecular weight is 411 g/mol. The molecule has 0 amide bonds. The Morgan fingerprint density at radius 2 is 1.87 bits per heavy atom. The van der Waals surface area contributed by atoms with E-state index in [2.05, 4.69) is 16.0 Å². The van der Waals surface area contributed by atoms with Crippen LogP contribution in [-0.2, 0) is 5.41 Å². The second kappa shape index (κ2) is 7.94. The van der Waals surface area contributed by atoms with Gasteiger partial charge in [0, 0.05) is 6.07 Å². The Kier molecular flexibility index (Phi) is 5.55. The zero-order valence-corrected chi connectivity index (χ0v) is 17.3. The highest BCUT2D eigenvalue weighted by atomic mass is 16.6. The Morgan fingerprint density at radius 1 is 1.20 bits per heavy atom. The van der Waals surface area contributed by atoms with Crippen LogP contribution in [0.5, 0.6) is 5.75 Å². The van der Waals surface area contributed by atoms with Crippen LogP contribution in [0.4, 0.5) is 17.1 Å². The van der Waals surface area contributed by atoms with Crippen LogP contribution in [0.1, 0.15) is 38.4 Å². The summed E-state index contributed by atoms with van der Waals surface area (Å²) in [5.41, 5.74) is 6.79. The number of hydrogen-bond acceptors (Lipinski definition) is 6. The molecule has 0 fully saturated rings. The fourth-order valence-electron chi connectivity index (χ4n) is 3.03. The Hall–Kier alpha value is -3.75. The number of nitrogens with one attached hydrogen (secondary N) is 3. The van der Waals surface area contributed by atoms with Crippen LogP contribution in [-0.4, -0.2) is 19.8 Å². The molecule has 0 bridgehead atoms. The predicted octanol–water partition coefficient (Wildman–Crippen LogP) is 4.21. The molecule has 30 heavy (non-hydrogen) atoms. The highest BCUT2D eigenvalue weighted by molar-refractivity contribution is 5.70. The average Bonchev–Trinajstić information content (AvgIpc) is 3.01. The third-order valence-corrected chi connectivity index (χ3v) is 5.36. The summed E-state index contributed by atoms with van der Waals surface area (Å²) in [6, 6.07) is 12.1. The lowest BCUT2D eigenvalue weighted by atomic mass is 9.82. The zero-order chi connectivity index (χ0) is 22.1. The van der Waals surface area contributed by atoms with Crippen molar-refractivity contribution in [1.29, 1.82) is 0 Å². The standard InChI is InChI=1S/C21H25N5O4/c1-5-21(3,4)14-11-16(19(27)17(12-14)26(29)30)22-23-18-13(2)24-25(20(18)28)15-9-7-6-8-10-15/h6-12,22-24,27H,5H2,1-4H3. The molecule has 0 aliphatic rings. The van der Waals surface area contributed by atoms with Crippen LogP contribution in [0.2, 0.25) is 0 Å². The fourth-order valence-corrected chi connectivity index (χ4v) is 3.03. The number of aromatic nitrogens is 2. The van der Waals surface area contributed by atoms with Gasteiger partial charge in [0.15, 0.2) is 0 Å². The maximum Gasteiger partial charge on any atom is 0.313 e. The van der Waals surface area contributed by atoms with Crippen LogP contribution >= 0.6 is 0 Å². The molecule has 9 heteroatoms. The van der Waals surface area contributed by atoms with Gasteiger partial charge in [0.2, 0.25) is 5.75 Å². The minimum Gasteiger partial charge on any atom is -0.501 e. The van der Waals surface area contributed by atoms with Gasteiger partial charge in [-0.15, -0.1) is 0 Å². The van der Waals surface area contributed by atoms with Gasteiger partial charge < -0.3 is 5.11 Å². The Morgan fingerprint density at radius 3 is 2.47 bits per heavy atom. The number of anilines is 2. The van der Waals surface area contributed by atoms with Gasteiger partial charge in [-0.05, 0) is 42.5 Å². The maximum atomic E-state index is 12.8. The molecular weight excluding hydrogens is 386 g/mol. The van der Waals surface area contributed by atoms with Gasteiger partial charge >= 0.3 is 5.69 Å². The number of aryl methyl sites for hydroxylation is 1. The number of aromatic hydroxyl groups is 1. The van der Waals surface area contributed by atoms with Crippen molar-refractivity contribution >= 4 is 17.1 Å². The predicted molar refractivity (Wildman–Crippen MR) is 116 cm³/mol. The summed E-state index contributed by atoms with van der Waals surface area (Å²) in [6.45, 7) is 7.65. The Bertz CT molecular complexity index is 1130. The van der Waals surface area contributed by atoms with E-state index in [0.29, 0.717) is 16.9 Å². The summed E-state index contributed by atoms with van der Waals surface area (Å²) in [5.74, 6) is -0.500. The van der Waals surface area contributed by atoms with Crippen molar-refractivity contribution < 1.29 is 10.0 Å². The number of hydrogen-bond donors (Lipinski definition) is 4. The molecule has 158 valence electrons. The van der Waals surface area contributed by atoms with Crippen molar-refractivity contribution in [1.82, 2.24) is 9.78 Å². The van der Waals surface area contributed by atoms with Gasteiger partial charge in [-0.2, -0.15) is 0 Å². The SMILES string of the molecule is CCC(C)(C)c1cc(NNc2c(C)[nH]n(-c3ccccc3)c2=O)c(O)c([N+](=O)[O-])c1. The first kappa shape index (κ1) is 21.0. The number of para-hydroxylation sites is 1. The molecule has 4 N–H and O–H groups in total. The summed E-state index contributed by atoms with van der Waals surface area (Å²) >= 11 is 0. The lowest BCUT2D eigenvalue weighted by Gasteiger charge is -2.24. The molecular formula is C21H25N5O4. The van der Waals surface area contributed by atoms with Crippen LogP contribution < -0.4 is 16.4 Å². The largest absolute Gasteiger partial charge is 0.501 e. The molecule has 3 aromatic rings. The molecule has 9 nitrogen and oxygen atoms in total. The van der Waals surface area contributed by atoms with Gasteiger partial charge in [-0.3, -0.25) is 30.9 Å². The molecule has 0 radical (unpaired) electrons. The van der Waals surface area contributed by atoms with E-state index >= 15 is 0 Å². The smallest absolute Gasteiger partial charge is 0.313 e. The van der Waals surface area contributed by atoms with E-state index in [0.717, 1.165) is 6.42 Å². The molecule has 1 aromatic heterocycles. The van der Waals surface area contributed by atoms with E-state index in [-0.39, 0.29) is 22.3 Å². The molecule has 0 aliphatic heterocycles. The number of phenolic OH excluding ortho intramolecular Hbond substituents is 1. The third-order valence-electron chi connectivity index (χ3n) is 5.36. The van der Waals surface area contributed by atoms with Crippen molar-refractivity contribution in [2.24, 2.45) is 0 Å². The van der Waals surface area contributed by atoms with Crippen molar-refractivity contribution in [2.75, 3.05) is 10.9 Å². The van der Waals surface area contributed by atoms with Crippen LogP contribution in [0.25, 0.3) is 5.69 Å². The van der Waals surface area contributed by atoms with Crippen LogP contribution in [0, 0.1) is 17.0 Å². The van der Waals surface area contributed by atoms with Gasteiger partial charge in [0.25, 0.3) is 5.56 Å². The number of benzene rings is 2. The second-order valence-corrected chi connectivity index (χ2v) is 7.72. The number of rotatable bonds is 7. The van der Waals surface area contributed by atoms with E-state index in [4.69, 9.17) is 0 Å². The summed E-state index contributed by atoms with van der Waals surface area (Å²) in [7, 11) is 0. The molecule has 0 saturated heterocycles. The van der Waals surface area contributed by atoms with Crippen molar-refractivity contribution in [2.45, 2.75) is 39.5 Å². The number of phenols is 1. The highest BCUT2D eigenvalue weighted by Crippen LogP contribution is 2.40. The summed E-state index contributed by atoms with van der Waals surface area (Å²) in [4.78, 5) is 23.6. The van der Waals surface area contributed by atoms with Crippen molar-refractivity contribution in [3.8, 4) is 11.4 Å². The Balaban J connectivity index is 1.97. The number of nitro benzene ring substituents is 1. The summed E-state index contributed by atoms with van der Waals surface area (Å²) in [6.07, 6.45) is 0.750. The first-order chi connectivity index (χ1) is 14.2. The first-order valence-corrected chi connectivity index (χ1v) is 9.56. The monoisotopic (exact) mass is 411 g/mol. The maximum absolute atomic E-state index is 12.8. The van der Waals surface area contributed by atoms with E-state index in [1.807, 2.05) is 39.0 Å². The van der Waals surface area contributed by atoms with E-state index < -0.39 is 16.4 Å². The molecule has 1 heterocycles. The van der Waals surface area contributed by atoms with Gasteiger partial charge in [-0.25, -0.2) is 4.68 Å². The topological polar surface area (TPSA) is 125 Å². The van der Waals surface area contributed by atoms with Crippen LogP contribution in [0.3, 0.4) is 0 Å². The lowest BCUT2D eigenvalue weighted by molar-refractivity contribution is -0.385. The van der Waals surface area contributed by atoms with Gasteiger partial charge in [0.1, 0.15) is 11.4 Å². The van der Waals surface area contributed by atoms with Crippen molar-refractivity contribution in [3.05, 3.63) is 74.2 Å². The minimum absolute atomic E-state index is 0.118. The number of nitrogens with zero attached hydrogens (tertiary/aromatic N) is 2. The fraction of sp³-hybridized carbons (Fsp3) is 0.286. The lowest BCUT2D eigenvalue weighted by Crippen LogP contribution is -2.21. The van der Waals surface area contributed by atoms with Gasteiger partial charge in [-0.1, -0.05) is 39.0 Å². The molecule has 2 aromatic carbocycles. The molecule has 0 atom stereocenters. The number of nitro groups is 1. The number of H-pyrrole nitrogens is 1. The third kappa shape index (κ3) is 3.86. The first-order valence-electron chi connectivity index (χ1n) is 9.56. The quantitative estimate of drug-likeness (QED) is 0.262.